The number of Topliss-reactive ketones (excluding diaryl/α,β-unsaturated/α-hetero) is 1. The number of carbonyl (C=O) groups excluding carboxylic acids is 1. The lowest BCUT2D eigenvalue weighted by molar-refractivity contribution is -0.138. The lowest BCUT2D eigenvalue weighted by atomic mass is 9.88. The molecule has 4 nitrogen and oxygen atoms in total. The first-order valence-corrected chi connectivity index (χ1v) is 8.86. The summed E-state index contributed by atoms with van der Waals surface area (Å²) in [5, 5.41) is 10.8. The van der Waals surface area contributed by atoms with Crippen molar-refractivity contribution in [3.05, 3.63) is 75.9 Å². The van der Waals surface area contributed by atoms with E-state index >= 15 is 0 Å². The van der Waals surface area contributed by atoms with Crippen LogP contribution in [0.5, 0.6) is 0 Å². The number of aromatic amines is 1. The second kappa shape index (κ2) is 6.39. The van der Waals surface area contributed by atoms with Gasteiger partial charge in [0.15, 0.2) is 11.4 Å². The van der Waals surface area contributed by atoms with Crippen molar-refractivity contribution < 1.29 is 22.7 Å². The van der Waals surface area contributed by atoms with Gasteiger partial charge in [-0.05, 0) is 43.3 Å². The Bertz CT molecular complexity index is 1240. The molecule has 4 rings (SSSR count). The van der Waals surface area contributed by atoms with Gasteiger partial charge in [0.2, 0.25) is 5.78 Å². The standard InChI is InChI=1S/C21H12ClF3N2O2/c1-20(12-3-2-4-13(9-12)21(23,24)25)19(28)15(10-26)18(29-20)17-8-11-7-14(22)5-6-16(11)27-17/h2-9,27H,1H3. The van der Waals surface area contributed by atoms with Crippen LogP contribution in [0.2, 0.25) is 5.02 Å². The topological polar surface area (TPSA) is 65.9 Å². The molecule has 146 valence electrons. The molecule has 0 fully saturated rings. The summed E-state index contributed by atoms with van der Waals surface area (Å²) in [4.78, 5) is 16.0. The molecule has 1 aliphatic rings. The minimum atomic E-state index is -4.57. The number of H-pyrrole nitrogens is 1. The molecule has 29 heavy (non-hydrogen) atoms. The van der Waals surface area contributed by atoms with Crippen molar-refractivity contribution in [2.45, 2.75) is 18.7 Å². The summed E-state index contributed by atoms with van der Waals surface area (Å²) in [7, 11) is 0. The molecule has 0 aliphatic carbocycles. The molecule has 0 saturated heterocycles. The Morgan fingerprint density at radius 1 is 1.17 bits per heavy atom. The van der Waals surface area contributed by atoms with Crippen LogP contribution in [-0.2, 0) is 21.3 Å². The van der Waals surface area contributed by atoms with Crippen LogP contribution >= 0.6 is 11.6 Å². The fraction of sp³-hybridized carbons (Fsp3) is 0.143. The summed E-state index contributed by atoms with van der Waals surface area (Å²) in [5.41, 5.74) is -1.83. The van der Waals surface area contributed by atoms with Crippen molar-refractivity contribution in [1.82, 2.24) is 4.98 Å². The number of aromatic nitrogens is 1. The first-order chi connectivity index (χ1) is 13.6. The summed E-state index contributed by atoms with van der Waals surface area (Å²) in [6.45, 7) is 1.36. The van der Waals surface area contributed by atoms with Gasteiger partial charge in [-0.3, -0.25) is 4.79 Å². The third kappa shape index (κ3) is 3.06. The number of alkyl halides is 3. The van der Waals surface area contributed by atoms with E-state index in [9.17, 15) is 23.2 Å². The SMILES string of the molecule is CC1(c2cccc(C(F)(F)F)c2)OC(c2cc3cc(Cl)ccc3[nH]2)=C(C#N)C1=O. The second-order valence-electron chi connectivity index (χ2n) is 6.77. The van der Waals surface area contributed by atoms with Crippen LogP contribution in [0.1, 0.15) is 23.7 Å². The third-order valence-electron chi connectivity index (χ3n) is 4.87. The Morgan fingerprint density at radius 2 is 1.93 bits per heavy atom. The van der Waals surface area contributed by atoms with Crippen molar-refractivity contribution in [3.8, 4) is 6.07 Å². The molecule has 3 aromatic rings. The van der Waals surface area contributed by atoms with Crippen molar-refractivity contribution in [1.29, 1.82) is 5.26 Å². The molecule has 8 heteroatoms. The molecule has 0 spiro atoms. The number of hydrogen-bond donors (Lipinski definition) is 1. The largest absolute Gasteiger partial charge is 0.471 e. The Hall–Kier alpha value is -3.24. The summed E-state index contributed by atoms with van der Waals surface area (Å²) in [5.74, 6) is -0.712. The van der Waals surface area contributed by atoms with Gasteiger partial charge in [0.1, 0.15) is 11.6 Å². The number of fused-ring (bicyclic) bond motifs is 1. The Morgan fingerprint density at radius 3 is 2.62 bits per heavy atom. The van der Waals surface area contributed by atoms with Gasteiger partial charge in [0.05, 0.1) is 11.3 Å². The summed E-state index contributed by atoms with van der Waals surface area (Å²) in [6, 6.07) is 12.9. The highest BCUT2D eigenvalue weighted by atomic mass is 35.5. The van der Waals surface area contributed by atoms with Crippen molar-refractivity contribution in [2.24, 2.45) is 0 Å². The van der Waals surface area contributed by atoms with Gasteiger partial charge in [-0.15, -0.1) is 0 Å². The van der Waals surface area contributed by atoms with Crippen LogP contribution in [0.25, 0.3) is 16.7 Å². The van der Waals surface area contributed by atoms with E-state index in [4.69, 9.17) is 16.3 Å². The molecule has 0 amide bonds. The maximum atomic E-state index is 13.1. The molecule has 0 radical (unpaired) electrons. The molecular formula is C21H12ClF3N2O2. The van der Waals surface area contributed by atoms with Gasteiger partial charge in [0, 0.05) is 21.5 Å². The van der Waals surface area contributed by atoms with Crippen LogP contribution in [0, 0.1) is 11.3 Å². The van der Waals surface area contributed by atoms with Crippen molar-refractivity contribution >= 4 is 34.0 Å². The molecule has 1 aliphatic heterocycles. The Balaban J connectivity index is 1.81. The van der Waals surface area contributed by atoms with Crippen LogP contribution in [0.3, 0.4) is 0 Å². The Labute approximate surface area is 168 Å². The maximum absolute atomic E-state index is 13.1. The van der Waals surface area contributed by atoms with Crippen LogP contribution in [0.15, 0.2) is 54.1 Å². The third-order valence-corrected chi connectivity index (χ3v) is 5.11. The van der Waals surface area contributed by atoms with Crippen LogP contribution in [-0.4, -0.2) is 10.8 Å². The van der Waals surface area contributed by atoms with Crippen LogP contribution in [0.4, 0.5) is 13.2 Å². The molecule has 1 N–H and O–H groups in total. The number of hydrogen-bond acceptors (Lipinski definition) is 3. The van der Waals surface area contributed by atoms with E-state index in [-0.39, 0.29) is 16.9 Å². The monoisotopic (exact) mass is 416 g/mol. The van der Waals surface area contributed by atoms with E-state index in [1.807, 2.05) is 6.07 Å². The average molecular weight is 417 g/mol. The first kappa shape index (κ1) is 19.1. The number of nitrogens with one attached hydrogen (secondary N) is 1. The smallest absolute Gasteiger partial charge is 0.416 e. The zero-order chi connectivity index (χ0) is 21.0. The molecule has 1 atom stereocenters. The van der Waals surface area contributed by atoms with Gasteiger partial charge in [-0.1, -0.05) is 23.7 Å². The van der Waals surface area contributed by atoms with Gasteiger partial charge in [-0.2, -0.15) is 18.4 Å². The average Bonchev–Trinajstić information content (AvgIpc) is 3.20. The van der Waals surface area contributed by atoms with E-state index in [1.165, 1.54) is 19.1 Å². The molecule has 0 bridgehead atoms. The molecule has 1 unspecified atom stereocenters. The second-order valence-corrected chi connectivity index (χ2v) is 7.21. The van der Waals surface area contributed by atoms with Gasteiger partial charge in [0.25, 0.3) is 0 Å². The number of rotatable bonds is 2. The maximum Gasteiger partial charge on any atom is 0.416 e. The summed E-state index contributed by atoms with van der Waals surface area (Å²) in [6.07, 6.45) is -4.57. The van der Waals surface area contributed by atoms with E-state index in [2.05, 4.69) is 4.98 Å². The number of halogens is 4. The fourth-order valence-corrected chi connectivity index (χ4v) is 3.52. The predicted octanol–water partition coefficient (Wildman–Crippen LogP) is 5.59. The van der Waals surface area contributed by atoms with Gasteiger partial charge >= 0.3 is 6.18 Å². The Kier molecular flexibility index (Phi) is 4.21. The van der Waals surface area contributed by atoms with Crippen molar-refractivity contribution in [3.63, 3.8) is 0 Å². The molecule has 1 aromatic heterocycles. The number of ketones is 1. The lowest BCUT2D eigenvalue weighted by Gasteiger charge is -2.24. The number of benzene rings is 2. The minimum Gasteiger partial charge on any atom is -0.471 e. The first-order valence-electron chi connectivity index (χ1n) is 8.48. The highest BCUT2D eigenvalue weighted by molar-refractivity contribution is 6.31. The normalized spacial score (nSPS) is 19.5. The van der Waals surface area contributed by atoms with Gasteiger partial charge in [-0.25, -0.2) is 0 Å². The van der Waals surface area contributed by atoms with E-state index in [0.717, 1.165) is 17.5 Å². The lowest BCUT2D eigenvalue weighted by Crippen LogP contribution is -2.31. The van der Waals surface area contributed by atoms with Crippen LogP contribution < -0.4 is 0 Å². The molecule has 2 heterocycles. The van der Waals surface area contributed by atoms with E-state index < -0.39 is 23.1 Å². The predicted molar refractivity (Wildman–Crippen MR) is 101 cm³/mol. The number of nitrogens with zero attached hydrogens (tertiary/aromatic N) is 1. The van der Waals surface area contributed by atoms with Gasteiger partial charge < -0.3 is 9.72 Å². The molecular weight excluding hydrogens is 405 g/mol. The summed E-state index contributed by atoms with van der Waals surface area (Å²) >= 11 is 5.99. The summed E-state index contributed by atoms with van der Waals surface area (Å²) < 4.78 is 45.2. The minimum absolute atomic E-state index is 0.00951. The number of carbonyl (C=O) groups is 1. The highest BCUT2D eigenvalue weighted by Crippen LogP contribution is 2.44. The van der Waals surface area contributed by atoms with E-state index in [0.29, 0.717) is 16.2 Å². The zero-order valence-electron chi connectivity index (χ0n) is 14.9. The number of nitriles is 1. The molecule has 2 aromatic carbocycles. The number of ether oxygens (including phenoxy) is 1. The highest BCUT2D eigenvalue weighted by Gasteiger charge is 2.48. The molecule has 0 saturated carbocycles. The quantitative estimate of drug-likeness (QED) is 0.592. The van der Waals surface area contributed by atoms with E-state index in [1.54, 1.807) is 24.3 Å². The zero-order valence-corrected chi connectivity index (χ0v) is 15.7. The fourth-order valence-electron chi connectivity index (χ4n) is 3.34. The van der Waals surface area contributed by atoms with Crippen molar-refractivity contribution in [2.75, 3.05) is 0 Å².